The first kappa shape index (κ1) is 12.3. The molecule has 2 heteroatoms. The molecule has 15 heavy (non-hydrogen) atoms. The highest BCUT2D eigenvalue weighted by molar-refractivity contribution is 5.88. The van der Waals surface area contributed by atoms with Crippen molar-refractivity contribution in [3.05, 3.63) is 11.1 Å². The van der Waals surface area contributed by atoms with Gasteiger partial charge in [-0.05, 0) is 44.9 Å². The molecule has 1 aliphatic carbocycles. The molecule has 0 amide bonds. The Morgan fingerprint density at radius 2 is 1.87 bits per heavy atom. The van der Waals surface area contributed by atoms with E-state index < -0.39 is 0 Å². The Bertz CT molecular complexity index is 254. The molecule has 0 spiro atoms. The Morgan fingerprint density at radius 1 is 1.33 bits per heavy atom. The van der Waals surface area contributed by atoms with Crippen LogP contribution in [-0.4, -0.2) is 12.6 Å². The average Bonchev–Trinajstić information content (AvgIpc) is 2.15. The van der Waals surface area contributed by atoms with Gasteiger partial charge in [0.25, 0.3) is 0 Å². The van der Waals surface area contributed by atoms with Crippen LogP contribution in [0.1, 0.15) is 47.0 Å². The minimum atomic E-state index is -0.131. The minimum absolute atomic E-state index is 0.131. The van der Waals surface area contributed by atoms with Gasteiger partial charge in [0.2, 0.25) is 0 Å². The molecule has 86 valence electrons. The van der Waals surface area contributed by atoms with Gasteiger partial charge in [0, 0.05) is 5.57 Å². The van der Waals surface area contributed by atoms with E-state index in [1.54, 1.807) is 0 Å². The summed E-state index contributed by atoms with van der Waals surface area (Å²) in [7, 11) is 0. The van der Waals surface area contributed by atoms with Crippen molar-refractivity contribution in [2.24, 2.45) is 11.8 Å². The number of allylic oxidation sites excluding steroid dienone is 1. The lowest BCUT2D eigenvalue weighted by Crippen LogP contribution is -2.17. The maximum atomic E-state index is 11.6. The Morgan fingerprint density at radius 3 is 2.33 bits per heavy atom. The predicted octanol–water partition coefficient (Wildman–Crippen LogP) is 3.32. The third-order valence-electron chi connectivity index (χ3n) is 3.11. The lowest BCUT2D eigenvalue weighted by Gasteiger charge is -2.27. The zero-order chi connectivity index (χ0) is 11.4. The number of hydrogen-bond donors (Lipinski definition) is 0. The van der Waals surface area contributed by atoms with Crippen molar-refractivity contribution >= 4 is 5.97 Å². The molecule has 1 fully saturated rings. The van der Waals surface area contributed by atoms with Gasteiger partial charge in [-0.3, -0.25) is 0 Å². The Kier molecular flexibility index (Phi) is 4.37. The van der Waals surface area contributed by atoms with Gasteiger partial charge in [0.15, 0.2) is 0 Å². The van der Waals surface area contributed by atoms with Crippen LogP contribution in [0.15, 0.2) is 11.1 Å². The summed E-state index contributed by atoms with van der Waals surface area (Å²) in [4.78, 5) is 11.6. The Hall–Kier alpha value is -0.790. The van der Waals surface area contributed by atoms with E-state index >= 15 is 0 Å². The van der Waals surface area contributed by atoms with Gasteiger partial charge < -0.3 is 4.74 Å². The summed E-state index contributed by atoms with van der Waals surface area (Å²) in [5.74, 6) is 1.27. The lowest BCUT2D eigenvalue weighted by molar-refractivity contribution is -0.138. The zero-order valence-electron chi connectivity index (χ0n) is 10.3. The second-order valence-corrected chi connectivity index (χ2v) is 4.80. The molecule has 0 saturated heterocycles. The molecule has 0 heterocycles. The van der Waals surface area contributed by atoms with E-state index in [4.69, 9.17) is 4.74 Å². The molecule has 0 bridgehead atoms. The van der Waals surface area contributed by atoms with Gasteiger partial charge in [0.05, 0.1) is 6.61 Å². The van der Waals surface area contributed by atoms with Crippen molar-refractivity contribution in [2.75, 3.05) is 6.61 Å². The van der Waals surface area contributed by atoms with E-state index in [0.717, 1.165) is 18.4 Å². The van der Waals surface area contributed by atoms with Crippen molar-refractivity contribution < 1.29 is 9.53 Å². The third kappa shape index (κ3) is 3.37. The molecule has 1 saturated carbocycles. The summed E-state index contributed by atoms with van der Waals surface area (Å²) in [6.07, 6.45) is 3.41. The second kappa shape index (κ2) is 5.34. The van der Waals surface area contributed by atoms with E-state index in [0.29, 0.717) is 18.4 Å². The molecule has 0 aromatic carbocycles. The van der Waals surface area contributed by atoms with Crippen LogP contribution < -0.4 is 0 Å². The van der Waals surface area contributed by atoms with Crippen LogP contribution in [0.3, 0.4) is 0 Å². The van der Waals surface area contributed by atoms with E-state index in [-0.39, 0.29) is 5.97 Å². The fourth-order valence-corrected chi connectivity index (χ4v) is 2.47. The highest BCUT2D eigenvalue weighted by atomic mass is 16.5. The quantitative estimate of drug-likeness (QED) is 0.516. The summed E-state index contributed by atoms with van der Waals surface area (Å²) in [5.41, 5.74) is 2.15. The van der Waals surface area contributed by atoms with Gasteiger partial charge in [-0.25, -0.2) is 4.79 Å². The Labute approximate surface area is 92.7 Å². The number of carbonyl (C=O) groups is 1. The minimum Gasteiger partial charge on any atom is -0.463 e. The molecular weight excluding hydrogens is 188 g/mol. The van der Waals surface area contributed by atoms with Crippen LogP contribution in [0.2, 0.25) is 0 Å². The SMILES string of the molecule is CCOC(=O)C(C)=C1CC(C)CC(C)C1. The van der Waals surface area contributed by atoms with Gasteiger partial charge in [-0.2, -0.15) is 0 Å². The molecule has 0 aromatic heterocycles. The second-order valence-electron chi connectivity index (χ2n) is 4.80. The maximum Gasteiger partial charge on any atom is 0.333 e. The van der Waals surface area contributed by atoms with E-state index in [1.165, 1.54) is 12.0 Å². The van der Waals surface area contributed by atoms with E-state index in [1.807, 2.05) is 13.8 Å². The number of rotatable bonds is 2. The fraction of sp³-hybridized carbons (Fsp3) is 0.769. The topological polar surface area (TPSA) is 26.3 Å². The smallest absolute Gasteiger partial charge is 0.333 e. The highest BCUT2D eigenvalue weighted by Gasteiger charge is 2.22. The lowest BCUT2D eigenvalue weighted by atomic mass is 9.79. The first-order chi connectivity index (χ1) is 7.04. The molecule has 0 aromatic rings. The molecule has 2 unspecified atom stereocenters. The molecule has 1 rings (SSSR count). The van der Waals surface area contributed by atoms with Crippen molar-refractivity contribution in [1.29, 1.82) is 0 Å². The predicted molar refractivity (Wildman–Crippen MR) is 61.5 cm³/mol. The first-order valence-electron chi connectivity index (χ1n) is 5.90. The molecular formula is C13H22O2. The van der Waals surface area contributed by atoms with Crippen LogP contribution in [0, 0.1) is 11.8 Å². The summed E-state index contributed by atoms with van der Waals surface area (Å²) < 4.78 is 5.03. The van der Waals surface area contributed by atoms with Crippen molar-refractivity contribution in [3.8, 4) is 0 Å². The molecule has 0 radical (unpaired) electrons. The summed E-state index contributed by atoms with van der Waals surface area (Å²) in [5, 5.41) is 0. The molecule has 2 nitrogen and oxygen atoms in total. The first-order valence-corrected chi connectivity index (χ1v) is 5.90. The molecule has 2 atom stereocenters. The number of carbonyl (C=O) groups excluding carboxylic acids is 1. The largest absolute Gasteiger partial charge is 0.463 e. The van der Waals surface area contributed by atoms with Crippen LogP contribution in [0.5, 0.6) is 0 Å². The van der Waals surface area contributed by atoms with Crippen molar-refractivity contribution in [3.63, 3.8) is 0 Å². The maximum absolute atomic E-state index is 11.6. The van der Waals surface area contributed by atoms with Gasteiger partial charge >= 0.3 is 5.97 Å². The number of esters is 1. The van der Waals surface area contributed by atoms with Crippen molar-refractivity contribution in [2.45, 2.75) is 47.0 Å². The van der Waals surface area contributed by atoms with Gasteiger partial charge in [-0.15, -0.1) is 0 Å². The van der Waals surface area contributed by atoms with Crippen LogP contribution in [0.25, 0.3) is 0 Å². The molecule has 0 N–H and O–H groups in total. The fourth-order valence-electron chi connectivity index (χ4n) is 2.47. The monoisotopic (exact) mass is 210 g/mol. The van der Waals surface area contributed by atoms with E-state index in [9.17, 15) is 4.79 Å². The van der Waals surface area contributed by atoms with Crippen LogP contribution >= 0.6 is 0 Å². The highest BCUT2D eigenvalue weighted by Crippen LogP contribution is 2.34. The number of ether oxygens (including phenoxy) is 1. The summed E-state index contributed by atoms with van der Waals surface area (Å²) in [6.45, 7) is 8.73. The molecule has 0 aliphatic heterocycles. The normalized spacial score (nSPS) is 26.3. The third-order valence-corrected chi connectivity index (χ3v) is 3.11. The Balaban J connectivity index is 2.74. The standard InChI is InChI=1S/C13H22O2/c1-5-15-13(14)11(4)12-7-9(2)6-10(3)8-12/h9-10H,5-8H2,1-4H3. The van der Waals surface area contributed by atoms with Crippen LogP contribution in [-0.2, 0) is 9.53 Å². The van der Waals surface area contributed by atoms with Gasteiger partial charge in [0.1, 0.15) is 0 Å². The zero-order valence-corrected chi connectivity index (χ0v) is 10.3. The average molecular weight is 210 g/mol. The van der Waals surface area contributed by atoms with Crippen molar-refractivity contribution in [1.82, 2.24) is 0 Å². The van der Waals surface area contributed by atoms with Gasteiger partial charge in [-0.1, -0.05) is 19.4 Å². The van der Waals surface area contributed by atoms with Crippen LogP contribution in [0.4, 0.5) is 0 Å². The summed E-state index contributed by atoms with van der Waals surface area (Å²) in [6, 6.07) is 0. The molecule has 1 aliphatic rings. The number of hydrogen-bond acceptors (Lipinski definition) is 2. The summed E-state index contributed by atoms with van der Waals surface area (Å²) >= 11 is 0. The van der Waals surface area contributed by atoms with E-state index in [2.05, 4.69) is 13.8 Å².